The average Bonchev–Trinajstić information content (AvgIpc) is 3.62. The Hall–Kier alpha value is -2.50. The van der Waals surface area contributed by atoms with Gasteiger partial charge in [0.25, 0.3) is 0 Å². The number of carbonyl (C=O) groups is 5. The molecule has 3 aliphatic heterocycles. The minimum atomic E-state index is -1.00. The van der Waals surface area contributed by atoms with Gasteiger partial charge in [-0.3, -0.25) is 24.0 Å². The van der Waals surface area contributed by atoms with Crippen LogP contribution in [0.25, 0.3) is 0 Å². The molecule has 0 aliphatic carbocycles. The second-order valence-electron chi connectivity index (χ2n) is 7.69. The Labute approximate surface area is 214 Å². The molecule has 3 saturated heterocycles. The molecule has 3 heterocycles. The van der Waals surface area contributed by atoms with Crippen LogP contribution in [0.3, 0.4) is 0 Å². The highest BCUT2D eigenvalue weighted by Crippen LogP contribution is 2.04. The molecule has 16 heteroatoms. The zero-order valence-electron chi connectivity index (χ0n) is 20.0. The number of carboxylic acids is 5. The number of aliphatic carboxylic acids is 5. The van der Waals surface area contributed by atoms with E-state index in [4.69, 9.17) is 31.3 Å². The third-order valence-corrected chi connectivity index (χ3v) is 5.16. The summed E-state index contributed by atoms with van der Waals surface area (Å²) >= 11 is 3.65. The Morgan fingerprint density at radius 2 is 1.00 bits per heavy atom. The van der Waals surface area contributed by atoms with E-state index in [-0.39, 0.29) is 30.4 Å². The first-order valence-electron chi connectivity index (χ1n) is 11.3. The molecule has 210 valence electrons. The van der Waals surface area contributed by atoms with Gasteiger partial charge in [-0.1, -0.05) is 0 Å². The van der Waals surface area contributed by atoms with Gasteiger partial charge in [0.15, 0.2) is 0 Å². The summed E-state index contributed by atoms with van der Waals surface area (Å²) in [6, 6.07) is -1.62. The summed E-state index contributed by atoms with van der Waals surface area (Å²) < 4.78 is 0. The summed E-state index contributed by atoms with van der Waals surface area (Å²) in [6.07, 6.45) is 5.35. The third kappa shape index (κ3) is 19.8. The molecule has 0 aromatic rings. The zero-order chi connectivity index (χ0) is 28.1. The van der Waals surface area contributed by atoms with Crippen LogP contribution in [-0.2, 0) is 24.0 Å². The van der Waals surface area contributed by atoms with Crippen molar-refractivity contribution in [3.63, 3.8) is 0 Å². The lowest BCUT2D eigenvalue weighted by atomic mass is 10.2. The lowest BCUT2D eigenvalue weighted by Gasteiger charge is -1.99. The number of nitrogens with two attached hydrogens (primary N) is 2. The van der Waals surface area contributed by atoms with Crippen molar-refractivity contribution in [1.82, 2.24) is 16.0 Å². The van der Waals surface area contributed by atoms with Crippen molar-refractivity contribution >= 4 is 42.5 Å². The van der Waals surface area contributed by atoms with Gasteiger partial charge in [-0.05, 0) is 58.2 Å². The van der Waals surface area contributed by atoms with Crippen molar-refractivity contribution in [1.29, 1.82) is 0 Å². The van der Waals surface area contributed by atoms with Crippen LogP contribution in [0.4, 0.5) is 0 Å². The smallest absolute Gasteiger partial charge is 0.321 e. The van der Waals surface area contributed by atoms with E-state index in [2.05, 4.69) is 34.3 Å². The second kappa shape index (κ2) is 21.8. The number of thiol groups is 1. The van der Waals surface area contributed by atoms with E-state index in [0.29, 0.717) is 0 Å². The first-order chi connectivity index (χ1) is 16.9. The molecule has 0 amide bonds. The fourth-order valence-corrected chi connectivity index (χ4v) is 2.92. The Bertz CT molecular complexity index is 605. The molecule has 0 bridgehead atoms. The van der Waals surface area contributed by atoms with Crippen molar-refractivity contribution < 1.29 is 49.5 Å². The summed E-state index contributed by atoms with van der Waals surface area (Å²) in [7, 11) is 0. The Morgan fingerprint density at radius 3 is 1.06 bits per heavy atom. The number of hydrogen-bond acceptors (Lipinski definition) is 11. The van der Waals surface area contributed by atoms with E-state index in [0.717, 1.165) is 58.2 Å². The Balaban J connectivity index is 0. The molecule has 15 nitrogen and oxygen atoms in total. The normalized spacial score (nSPS) is 22.5. The molecule has 0 spiro atoms. The first-order valence-corrected chi connectivity index (χ1v) is 11.9. The number of hydrogen-bond donors (Lipinski definition) is 11. The van der Waals surface area contributed by atoms with Gasteiger partial charge in [-0.25, -0.2) is 0 Å². The van der Waals surface area contributed by atoms with Crippen LogP contribution in [-0.4, -0.2) is 111 Å². The molecule has 3 rings (SSSR count). The maximum absolute atomic E-state index is 10.1. The zero-order valence-corrected chi connectivity index (χ0v) is 20.9. The molecular weight excluding hydrogens is 502 g/mol. The number of carboxylic acid groups (broad SMARTS) is 5. The van der Waals surface area contributed by atoms with Crippen LogP contribution in [0.2, 0.25) is 0 Å². The van der Waals surface area contributed by atoms with Gasteiger partial charge < -0.3 is 53.0 Å². The highest BCUT2D eigenvalue weighted by molar-refractivity contribution is 7.80. The fraction of sp³-hybridized carbons (Fsp3) is 0.750. The van der Waals surface area contributed by atoms with Crippen molar-refractivity contribution in [2.24, 2.45) is 11.5 Å². The van der Waals surface area contributed by atoms with Gasteiger partial charge in [-0.2, -0.15) is 12.6 Å². The highest BCUT2D eigenvalue weighted by atomic mass is 32.1. The topological polar surface area (TPSA) is 275 Å². The number of nitrogens with one attached hydrogen (secondary N) is 3. The van der Waals surface area contributed by atoms with Crippen LogP contribution >= 0.6 is 12.6 Å². The summed E-state index contributed by atoms with van der Waals surface area (Å²) in [5, 5.41) is 49.2. The van der Waals surface area contributed by atoms with E-state index >= 15 is 0 Å². The highest BCUT2D eigenvalue weighted by Gasteiger charge is 2.21. The molecule has 36 heavy (non-hydrogen) atoms. The molecule has 3 fully saturated rings. The molecule has 0 unspecified atom stereocenters. The predicted molar refractivity (Wildman–Crippen MR) is 132 cm³/mol. The summed E-state index contributed by atoms with van der Waals surface area (Å²) in [5.74, 6) is -3.94. The van der Waals surface area contributed by atoms with Crippen LogP contribution in [0.1, 0.15) is 38.5 Å². The molecule has 0 aromatic carbocycles. The minimum Gasteiger partial charge on any atom is -0.480 e. The first kappa shape index (κ1) is 35.7. The SMILES string of the molecule is NCC(=O)O.N[C@@H](CS)C(=O)O.O=C(O)[C@@H]1CCCN1.O=C(O)[C@@H]1CCCN1.O=C(O)[C@@H]1CCCN1. The monoisotopic (exact) mass is 541 g/mol. The standard InChI is InChI=1S/3C5H9NO2.C3H7NO2S.C2H5NO2/c3*7-5(8)4-2-1-3-6-4;4-2(1-7)3(5)6;3-1-2(4)5/h3*4,6H,1-3H2,(H,7,8);2,7H,1,4H2,(H,5,6);1,3H2,(H,4,5)/t3*4-;2-;/m0000./s1. The fourth-order valence-electron chi connectivity index (χ4n) is 2.76. The van der Waals surface area contributed by atoms with Crippen molar-refractivity contribution in [2.75, 3.05) is 31.9 Å². The summed E-state index contributed by atoms with van der Waals surface area (Å²) in [4.78, 5) is 49.4. The van der Waals surface area contributed by atoms with Crippen molar-refractivity contribution in [3.8, 4) is 0 Å². The lowest BCUT2D eigenvalue weighted by molar-refractivity contribution is -0.140. The molecule has 3 aliphatic rings. The largest absolute Gasteiger partial charge is 0.480 e. The molecule has 4 atom stereocenters. The molecule has 0 aromatic heterocycles. The van der Waals surface area contributed by atoms with Gasteiger partial charge >= 0.3 is 29.8 Å². The van der Waals surface area contributed by atoms with Gasteiger partial charge in [0.2, 0.25) is 0 Å². The van der Waals surface area contributed by atoms with Gasteiger partial charge in [0, 0.05) is 5.75 Å². The average molecular weight is 542 g/mol. The van der Waals surface area contributed by atoms with Crippen LogP contribution in [0.5, 0.6) is 0 Å². The van der Waals surface area contributed by atoms with Crippen molar-refractivity contribution in [2.45, 2.75) is 62.7 Å². The van der Waals surface area contributed by atoms with Crippen LogP contribution < -0.4 is 27.4 Å². The minimum absolute atomic E-state index is 0.190. The second-order valence-corrected chi connectivity index (χ2v) is 8.05. The van der Waals surface area contributed by atoms with Crippen LogP contribution in [0, 0.1) is 0 Å². The molecular formula is C20H39N5O10S. The van der Waals surface area contributed by atoms with E-state index in [1.807, 2.05) is 0 Å². The maximum Gasteiger partial charge on any atom is 0.321 e. The van der Waals surface area contributed by atoms with Gasteiger partial charge in [0.05, 0.1) is 6.54 Å². The number of rotatable bonds is 6. The van der Waals surface area contributed by atoms with Crippen molar-refractivity contribution in [3.05, 3.63) is 0 Å². The Kier molecular flexibility index (Phi) is 21.6. The third-order valence-electron chi connectivity index (χ3n) is 4.76. The molecule has 0 radical (unpaired) electrons. The summed E-state index contributed by atoms with van der Waals surface area (Å²) in [6.45, 7) is 2.30. The van der Waals surface area contributed by atoms with Gasteiger partial charge in [-0.15, -0.1) is 0 Å². The Morgan fingerprint density at radius 1 is 0.722 bits per heavy atom. The maximum atomic E-state index is 10.1. The summed E-state index contributed by atoms with van der Waals surface area (Å²) in [5.41, 5.74) is 9.51. The van der Waals surface area contributed by atoms with Gasteiger partial charge in [0.1, 0.15) is 24.2 Å². The quantitative estimate of drug-likeness (QED) is 0.160. The molecule has 12 N–H and O–H groups in total. The lowest BCUT2D eigenvalue weighted by Crippen LogP contribution is -2.31. The predicted octanol–water partition coefficient (Wildman–Crippen LogP) is -2.17. The molecule has 0 saturated carbocycles. The van der Waals surface area contributed by atoms with E-state index in [9.17, 15) is 24.0 Å². The van der Waals surface area contributed by atoms with E-state index in [1.165, 1.54) is 0 Å². The van der Waals surface area contributed by atoms with Crippen LogP contribution in [0.15, 0.2) is 0 Å². The van der Waals surface area contributed by atoms with E-state index < -0.39 is 35.9 Å². The van der Waals surface area contributed by atoms with E-state index in [1.54, 1.807) is 0 Å².